The first-order valence-electron chi connectivity index (χ1n) is 12.0. The van der Waals surface area contributed by atoms with Crippen LogP contribution in [0.15, 0.2) is 10.5 Å². The fraction of sp³-hybridized carbons (Fsp3) is 0.583. The smallest absolute Gasteiger partial charge is 0.407 e. The molecule has 0 bridgehead atoms. The number of piperazine rings is 1. The van der Waals surface area contributed by atoms with Crippen molar-refractivity contribution in [1.82, 2.24) is 19.8 Å². The van der Waals surface area contributed by atoms with Gasteiger partial charge in [-0.05, 0) is 26.0 Å². The molecule has 12 heteroatoms. The van der Waals surface area contributed by atoms with Crippen molar-refractivity contribution in [2.45, 2.75) is 37.5 Å². The second-order valence-corrected chi connectivity index (χ2v) is 10.3. The predicted octanol–water partition coefficient (Wildman–Crippen LogP) is 2.51. The molecule has 1 aromatic carbocycles. The number of halogens is 1. The predicted molar refractivity (Wildman–Crippen MR) is 135 cm³/mol. The summed E-state index contributed by atoms with van der Waals surface area (Å²) in [5.41, 5.74) is 1.75. The van der Waals surface area contributed by atoms with Crippen molar-refractivity contribution in [2.24, 2.45) is 0 Å². The van der Waals surface area contributed by atoms with Crippen molar-refractivity contribution in [3.63, 3.8) is 0 Å². The highest BCUT2D eigenvalue weighted by atomic mass is 79.9. The zero-order valence-corrected chi connectivity index (χ0v) is 21.9. The van der Waals surface area contributed by atoms with Gasteiger partial charge in [0.25, 0.3) is 0 Å². The molecule has 0 spiro atoms. The Bertz CT molecular complexity index is 1210. The molecule has 11 nitrogen and oxygen atoms in total. The summed E-state index contributed by atoms with van der Waals surface area (Å²) < 4.78 is 19.0. The van der Waals surface area contributed by atoms with Gasteiger partial charge < -0.3 is 29.1 Å². The third kappa shape index (κ3) is 4.63. The fourth-order valence-corrected chi connectivity index (χ4v) is 5.90. The van der Waals surface area contributed by atoms with Crippen molar-refractivity contribution >= 4 is 38.7 Å². The van der Waals surface area contributed by atoms with E-state index in [9.17, 15) is 15.2 Å². The molecule has 2 aromatic rings. The third-order valence-electron chi connectivity index (χ3n) is 7.08. The first-order chi connectivity index (χ1) is 17.4. The molecule has 3 aliphatic rings. The minimum absolute atomic E-state index is 0.0965. The number of benzene rings is 1. The molecular formula is C24H29BrN6O5. The van der Waals surface area contributed by atoms with Crippen LogP contribution in [0, 0.1) is 11.3 Å². The Morgan fingerprint density at radius 1 is 1.31 bits per heavy atom. The molecule has 5 rings (SSSR count). The minimum Gasteiger partial charge on any atom is -0.492 e. The number of hydrogen-bond acceptors (Lipinski definition) is 9. The second-order valence-electron chi connectivity index (χ2n) is 9.43. The van der Waals surface area contributed by atoms with Gasteiger partial charge in [0.15, 0.2) is 0 Å². The summed E-state index contributed by atoms with van der Waals surface area (Å²) in [7, 11) is 3.69. The number of anilines is 1. The largest absolute Gasteiger partial charge is 0.492 e. The van der Waals surface area contributed by atoms with Crippen LogP contribution in [0.4, 0.5) is 10.6 Å². The van der Waals surface area contributed by atoms with Crippen molar-refractivity contribution in [3.8, 4) is 17.8 Å². The zero-order valence-electron chi connectivity index (χ0n) is 20.3. The Kier molecular flexibility index (Phi) is 7.05. The standard InChI is InChI=1S/C24H29BrN6O5/c1-29-12-18(34-2)19(13-29)36-23-27-17-10-16(25)15-4-3-9-35-21(15)20(17)22(28-23)30-7-8-31(24(32)33)14(11-30)5-6-26/h10,14,18-19H,3-5,7-9,11-13H2,1-2H3,(H,32,33)/t14-,18-,19-/m0/s1. The van der Waals surface area contributed by atoms with Gasteiger partial charge in [-0.25, -0.2) is 4.79 Å². The lowest BCUT2D eigenvalue weighted by Gasteiger charge is -2.40. The fourth-order valence-electron chi connectivity index (χ4n) is 5.31. The molecule has 36 heavy (non-hydrogen) atoms. The number of methoxy groups -OCH3 is 1. The number of likely N-dealkylation sites (tertiary alicyclic amines) is 1. The number of carboxylic acid groups (broad SMARTS) is 1. The monoisotopic (exact) mass is 560 g/mol. The number of carbonyl (C=O) groups is 1. The normalized spacial score (nSPS) is 24.3. The Balaban J connectivity index is 1.59. The Labute approximate surface area is 217 Å². The lowest BCUT2D eigenvalue weighted by Crippen LogP contribution is -2.55. The summed E-state index contributed by atoms with van der Waals surface area (Å²) >= 11 is 3.69. The topological polar surface area (TPSA) is 124 Å². The Morgan fingerprint density at radius 2 is 2.11 bits per heavy atom. The average molecular weight is 561 g/mol. The van der Waals surface area contributed by atoms with Crippen LogP contribution in [-0.4, -0.2) is 103 Å². The summed E-state index contributed by atoms with van der Waals surface area (Å²) in [5, 5.41) is 19.8. The average Bonchev–Trinajstić information content (AvgIpc) is 3.22. The van der Waals surface area contributed by atoms with Gasteiger partial charge in [0.05, 0.1) is 36.0 Å². The van der Waals surface area contributed by atoms with Crippen molar-refractivity contribution in [3.05, 3.63) is 16.1 Å². The number of nitriles is 1. The number of ether oxygens (including phenoxy) is 3. The van der Waals surface area contributed by atoms with Crippen LogP contribution in [0.1, 0.15) is 18.4 Å². The molecule has 2 fully saturated rings. The van der Waals surface area contributed by atoms with Crippen LogP contribution in [0.3, 0.4) is 0 Å². The maximum absolute atomic E-state index is 11.8. The molecule has 3 atom stereocenters. The van der Waals surface area contributed by atoms with E-state index in [0.717, 1.165) is 40.6 Å². The van der Waals surface area contributed by atoms with Gasteiger partial charge >= 0.3 is 12.1 Å². The molecule has 0 radical (unpaired) electrons. The van der Waals surface area contributed by atoms with E-state index in [1.54, 1.807) is 7.11 Å². The lowest BCUT2D eigenvalue weighted by molar-refractivity contribution is 0.0300. The number of hydrogen-bond donors (Lipinski definition) is 1. The van der Waals surface area contributed by atoms with Gasteiger partial charge in [-0.15, -0.1) is 0 Å². The third-order valence-corrected chi connectivity index (χ3v) is 7.79. The van der Waals surface area contributed by atoms with Crippen LogP contribution in [0.2, 0.25) is 0 Å². The number of likely N-dealkylation sites (N-methyl/N-ethyl adjacent to an activating group) is 1. The SMILES string of the molecule is CO[C@H]1CN(C)C[C@@H]1Oc1nc(N2CCN(C(=O)O)[C@@H](CC#N)C2)c2c3c(c(Br)cc2n1)CCCO3. The van der Waals surface area contributed by atoms with Crippen molar-refractivity contribution in [2.75, 3.05) is 58.4 Å². The van der Waals surface area contributed by atoms with E-state index >= 15 is 0 Å². The number of amides is 1. The van der Waals surface area contributed by atoms with Crippen molar-refractivity contribution in [1.29, 1.82) is 5.26 Å². The number of fused-ring (bicyclic) bond motifs is 3. The molecule has 0 saturated carbocycles. The molecule has 4 heterocycles. The van der Waals surface area contributed by atoms with Gasteiger partial charge in [-0.1, -0.05) is 15.9 Å². The maximum Gasteiger partial charge on any atom is 0.407 e. The van der Waals surface area contributed by atoms with Crippen molar-refractivity contribution < 1.29 is 24.1 Å². The lowest BCUT2D eigenvalue weighted by atomic mass is 10.0. The quantitative estimate of drug-likeness (QED) is 0.583. The van der Waals surface area contributed by atoms with Gasteiger partial charge in [0.1, 0.15) is 23.8 Å². The Hall–Kier alpha value is -2.88. The molecular weight excluding hydrogens is 532 g/mol. The molecule has 2 saturated heterocycles. The summed E-state index contributed by atoms with van der Waals surface area (Å²) in [6.45, 7) is 3.07. The molecule has 0 unspecified atom stereocenters. The molecule has 3 aliphatic heterocycles. The summed E-state index contributed by atoms with van der Waals surface area (Å²) in [6, 6.07) is 3.86. The first-order valence-corrected chi connectivity index (χ1v) is 12.8. The summed E-state index contributed by atoms with van der Waals surface area (Å²) in [6.07, 6.45) is 0.542. The summed E-state index contributed by atoms with van der Waals surface area (Å²) in [5.74, 6) is 1.38. The highest BCUT2D eigenvalue weighted by Crippen LogP contribution is 2.43. The van der Waals surface area contributed by atoms with Crippen LogP contribution in [0.25, 0.3) is 10.9 Å². The summed E-state index contributed by atoms with van der Waals surface area (Å²) in [4.78, 5) is 26.9. The maximum atomic E-state index is 11.8. The second kappa shape index (κ2) is 10.2. The molecule has 1 aromatic heterocycles. The van der Waals surface area contributed by atoms with E-state index in [2.05, 4.69) is 26.9 Å². The molecule has 0 aliphatic carbocycles. The number of nitrogens with zero attached hydrogens (tertiary/aromatic N) is 6. The van der Waals surface area contributed by atoms with E-state index in [4.69, 9.17) is 24.2 Å². The highest BCUT2D eigenvalue weighted by Gasteiger charge is 2.36. The Morgan fingerprint density at radius 3 is 2.86 bits per heavy atom. The minimum atomic E-state index is -1.02. The zero-order chi connectivity index (χ0) is 25.4. The van der Waals surface area contributed by atoms with E-state index in [0.29, 0.717) is 37.6 Å². The van der Waals surface area contributed by atoms with Crippen LogP contribution < -0.4 is 14.4 Å². The molecule has 1 N–H and O–H groups in total. The van der Waals surface area contributed by atoms with Crippen LogP contribution >= 0.6 is 15.9 Å². The van der Waals surface area contributed by atoms with Gasteiger partial charge in [-0.2, -0.15) is 15.2 Å². The van der Waals surface area contributed by atoms with Crippen LogP contribution in [-0.2, 0) is 11.2 Å². The van der Waals surface area contributed by atoms with Gasteiger partial charge in [0, 0.05) is 49.9 Å². The number of aromatic nitrogens is 2. The van der Waals surface area contributed by atoms with Gasteiger partial charge in [-0.3, -0.25) is 4.90 Å². The number of rotatable bonds is 5. The highest BCUT2D eigenvalue weighted by molar-refractivity contribution is 9.10. The van der Waals surface area contributed by atoms with Gasteiger partial charge in [0.2, 0.25) is 0 Å². The van der Waals surface area contributed by atoms with E-state index in [1.807, 2.05) is 18.0 Å². The van der Waals surface area contributed by atoms with Crippen LogP contribution in [0.5, 0.6) is 11.8 Å². The molecule has 1 amide bonds. The molecule has 192 valence electrons. The van der Waals surface area contributed by atoms with E-state index in [-0.39, 0.29) is 31.2 Å². The van der Waals surface area contributed by atoms with E-state index in [1.165, 1.54) is 4.90 Å². The van der Waals surface area contributed by atoms with E-state index < -0.39 is 12.1 Å². The first kappa shape index (κ1) is 24.8.